The fourth-order valence-corrected chi connectivity index (χ4v) is 5.03. The number of rotatable bonds is 5. The van der Waals surface area contributed by atoms with Crippen LogP contribution in [-0.4, -0.2) is 51.1 Å². The molecule has 0 atom stereocenters. The highest BCUT2D eigenvalue weighted by molar-refractivity contribution is 6.05. The van der Waals surface area contributed by atoms with Crippen LogP contribution in [0.5, 0.6) is 11.5 Å². The molecule has 0 unspecified atom stereocenters. The summed E-state index contributed by atoms with van der Waals surface area (Å²) in [5.74, 6) is 0.918. The topological polar surface area (TPSA) is 98.6 Å². The lowest BCUT2D eigenvalue weighted by Gasteiger charge is -2.32. The summed E-state index contributed by atoms with van der Waals surface area (Å²) < 4.78 is 12.9. The normalized spacial score (nSPS) is 14.9. The molecule has 2 aliphatic rings. The maximum Gasteiger partial charge on any atom is 0.257 e. The number of hydrogen-bond donors (Lipinski definition) is 1. The van der Waals surface area contributed by atoms with Gasteiger partial charge in [0.15, 0.2) is 11.5 Å². The average Bonchev–Trinajstić information content (AvgIpc) is 3.66. The smallest absolute Gasteiger partial charge is 0.257 e. The Labute approximate surface area is 220 Å². The number of benzene rings is 2. The van der Waals surface area contributed by atoms with Crippen LogP contribution in [0.4, 0.5) is 5.69 Å². The molecule has 38 heavy (non-hydrogen) atoms. The zero-order chi connectivity index (χ0) is 26.1. The molecule has 192 valence electrons. The standard InChI is InChI=1S/C29H27N5O4/c1-19-5-10-23(28(35)32-21-6-8-22(9-7-21)34-16-13-30-17-34)26(31-19)20-11-14-33(15-12-20)29(36)24-3-2-4-25-27(24)38-18-37-25/h2-10,13,16-17,20H,11-12,14-15,18H2,1H3,(H,32,35). The number of nitrogens with zero attached hydrogens (tertiary/aromatic N) is 4. The Bertz CT molecular complexity index is 1480. The summed E-state index contributed by atoms with van der Waals surface area (Å²) in [5, 5.41) is 3.01. The third-order valence-corrected chi connectivity index (χ3v) is 7.03. The van der Waals surface area contributed by atoms with E-state index in [2.05, 4.69) is 10.3 Å². The Morgan fingerprint density at radius 3 is 2.55 bits per heavy atom. The van der Waals surface area contributed by atoms with E-state index in [-0.39, 0.29) is 24.5 Å². The Morgan fingerprint density at radius 1 is 0.974 bits per heavy atom. The number of piperidine rings is 1. The number of fused-ring (bicyclic) bond motifs is 1. The van der Waals surface area contributed by atoms with Crippen molar-refractivity contribution in [3.63, 3.8) is 0 Å². The number of amides is 2. The molecular weight excluding hydrogens is 482 g/mol. The molecule has 2 aromatic carbocycles. The molecule has 6 rings (SSSR count). The van der Waals surface area contributed by atoms with E-state index in [1.807, 2.05) is 59.0 Å². The van der Waals surface area contributed by atoms with E-state index in [1.165, 1.54) is 0 Å². The minimum Gasteiger partial charge on any atom is -0.454 e. The number of hydrogen-bond acceptors (Lipinski definition) is 6. The molecule has 4 heterocycles. The van der Waals surface area contributed by atoms with Crippen LogP contribution in [0.15, 0.2) is 73.3 Å². The maximum absolute atomic E-state index is 13.3. The molecule has 0 saturated carbocycles. The van der Waals surface area contributed by atoms with Crippen LogP contribution in [0.1, 0.15) is 50.9 Å². The van der Waals surface area contributed by atoms with Crippen LogP contribution in [0.3, 0.4) is 0 Å². The number of aromatic nitrogens is 3. The van der Waals surface area contributed by atoms with Gasteiger partial charge in [-0.1, -0.05) is 6.07 Å². The molecule has 1 saturated heterocycles. The van der Waals surface area contributed by atoms with Gasteiger partial charge in [-0.25, -0.2) is 4.98 Å². The number of pyridine rings is 1. The number of carbonyl (C=O) groups is 2. The van der Waals surface area contributed by atoms with Gasteiger partial charge in [0.2, 0.25) is 6.79 Å². The van der Waals surface area contributed by atoms with Crippen LogP contribution in [0, 0.1) is 6.92 Å². The summed E-state index contributed by atoms with van der Waals surface area (Å²) in [4.78, 5) is 37.2. The number of ether oxygens (including phenoxy) is 2. The van der Waals surface area contributed by atoms with Gasteiger partial charge in [0, 0.05) is 48.5 Å². The maximum atomic E-state index is 13.3. The highest BCUT2D eigenvalue weighted by atomic mass is 16.7. The summed E-state index contributed by atoms with van der Waals surface area (Å²) in [7, 11) is 0. The van der Waals surface area contributed by atoms with E-state index in [0.29, 0.717) is 54.2 Å². The van der Waals surface area contributed by atoms with Crippen LogP contribution in [0.25, 0.3) is 5.69 Å². The fraction of sp³-hybridized carbons (Fsp3) is 0.241. The van der Waals surface area contributed by atoms with Crippen molar-refractivity contribution in [3.8, 4) is 17.2 Å². The monoisotopic (exact) mass is 509 g/mol. The molecule has 9 heteroatoms. The second kappa shape index (κ2) is 10.0. The van der Waals surface area contributed by atoms with Gasteiger partial charge in [-0.2, -0.15) is 0 Å². The molecule has 1 fully saturated rings. The van der Waals surface area contributed by atoms with Crippen molar-refractivity contribution in [2.24, 2.45) is 0 Å². The van der Waals surface area contributed by atoms with Crippen molar-refractivity contribution in [1.82, 2.24) is 19.4 Å². The van der Waals surface area contributed by atoms with Gasteiger partial charge in [-0.3, -0.25) is 14.6 Å². The van der Waals surface area contributed by atoms with Gasteiger partial charge < -0.3 is 24.3 Å². The lowest BCUT2D eigenvalue weighted by molar-refractivity contribution is 0.0706. The summed E-state index contributed by atoms with van der Waals surface area (Å²) in [6, 6.07) is 16.7. The molecule has 0 spiro atoms. The Morgan fingerprint density at radius 2 is 1.79 bits per heavy atom. The van der Waals surface area contributed by atoms with Crippen molar-refractivity contribution < 1.29 is 19.1 Å². The van der Waals surface area contributed by atoms with Crippen molar-refractivity contribution in [3.05, 3.63) is 95.8 Å². The van der Waals surface area contributed by atoms with E-state index in [1.54, 1.807) is 30.7 Å². The molecule has 0 aliphatic carbocycles. The van der Waals surface area contributed by atoms with E-state index >= 15 is 0 Å². The Hall–Kier alpha value is -4.66. The lowest BCUT2D eigenvalue weighted by Crippen LogP contribution is -2.38. The molecule has 2 aromatic heterocycles. The summed E-state index contributed by atoms with van der Waals surface area (Å²) in [6.07, 6.45) is 6.75. The third kappa shape index (κ3) is 4.58. The molecule has 0 bridgehead atoms. The second-order valence-electron chi connectivity index (χ2n) is 9.46. The summed E-state index contributed by atoms with van der Waals surface area (Å²) >= 11 is 0. The first kappa shape index (κ1) is 23.7. The highest BCUT2D eigenvalue weighted by Crippen LogP contribution is 2.37. The third-order valence-electron chi connectivity index (χ3n) is 7.03. The predicted octanol–water partition coefficient (Wildman–Crippen LogP) is 4.58. The Balaban J connectivity index is 1.15. The first-order valence-electron chi connectivity index (χ1n) is 12.6. The van der Waals surface area contributed by atoms with E-state index in [9.17, 15) is 9.59 Å². The van der Waals surface area contributed by atoms with Gasteiger partial charge in [-0.15, -0.1) is 0 Å². The quantitative estimate of drug-likeness (QED) is 0.423. The molecule has 0 radical (unpaired) electrons. The minimum atomic E-state index is -0.196. The highest BCUT2D eigenvalue weighted by Gasteiger charge is 2.31. The van der Waals surface area contributed by atoms with Crippen molar-refractivity contribution in [2.45, 2.75) is 25.7 Å². The van der Waals surface area contributed by atoms with Crippen molar-refractivity contribution in [1.29, 1.82) is 0 Å². The molecular formula is C29H27N5O4. The number of para-hydroxylation sites is 1. The van der Waals surface area contributed by atoms with Crippen LogP contribution < -0.4 is 14.8 Å². The second-order valence-corrected chi connectivity index (χ2v) is 9.46. The number of aryl methyl sites for hydroxylation is 1. The largest absolute Gasteiger partial charge is 0.454 e. The van der Waals surface area contributed by atoms with Gasteiger partial charge >= 0.3 is 0 Å². The SMILES string of the molecule is Cc1ccc(C(=O)Nc2ccc(-n3ccnc3)cc2)c(C2CCN(C(=O)c3cccc4c3OCO4)CC2)n1. The summed E-state index contributed by atoms with van der Waals surface area (Å²) in [5.41, 5.74) is 4.38. The van der Waals surface area contributed by atoms with Gasteiger partial charge in [0.25, 0.3) is 11.8 Å². The molecule has 1 N–H and O–H groups in total. The van der Waals surface area contributed by atoms with Crippen LogP contribution >= 0.6 is 0 Å². The fourth-order valence-electron chi connectivity index (χ4n) is 5.03. The zero-order valence-corrected chi connectivity index (χ0v) is 21.0. The number of likely N-dealkylation sites (tertiary alicyclic amines) is 1. The molecule has 2 amide bonds. The zero-order valence-electron chi connectivity index (χ0n) is 21.0. The number of anilines is 1. The number of nitrogens with one attached hydrogen (secondary N) is 1. The van der Waals surface area contributed by atoms with E-state index < -0.39 is 0 Å². The van der Waals surface area contributed by atoms with E-state index in [4.69, 9.17) is 14.5 Å². The number of imidazole rings is 1. The minimum absolute atomic E-state index is 0.0693. The molecule has 4 aromatic rings. The molecule has 2 aliphatic heterocycles. The predicted molar refractivity (Wildman–Crippen MR) is 141 cm³/mol. The van der Waals surface area contributed by atoms with Gasteiger partial charge in [-0.05, 0) is 68.3 Å². The molecule has 9 nitrogen and oxygen atoms in total. The van der Waals surface area contributed by atoms with Gasteiger partial charge in [0.05, 0.1) is 23.1 Å². The van der Waals surface area contributed by atoms with Gasteiger partial charge in [0.1, 0.15) is 0 Å². The first-order chi connectivity index (χ1) is 18.6. The van der Waals surface area contributed by atoms with Crippen molar-refractivity contribution >= 4 is 17.5 Å². The van der Waals surface area contributed by atoms with Crippen LogP contribution in [-0.2, 0) is 0 Å². The van der Waals surface area contributed by atoms with Crippen molar-refractivity contribution in [2.75, 3.05) is 25.2 Å². The van der Waals surface area contributed by atoms with Crippen LogP contribution in [0.2, 0.25) is 0 Å². The Kier molecular flexibility index (Phi) is 6.25. The summed E-state index contributed by atoms with van der Waals surface area (Å²) in [6.45, 7) is 3.19. The number of carbonyl (C=O) groups excluding carboxylic acids is 2. The van der Waals surface area contributed by atoms with E-state index in [0.717, 1.165) is 17.1 Å². The first-order valence-corrected chi connectivity index (χ1v) is 12.6. The average molecular weight is 510 g/mol. The lowest BCUT2D eigenvalue weighted by atomic mass is 9.89.